The molecule has 4 amide bonds. The van der Waals surface area contributed by atoms with Gasteiger partial charge in [0.15, 0.2) is 5.54 Å². The lowest BCUT2D eigenvalue weighted by molar-refractivity contribution is -0.137. The first-order valence-electron chi connectivity index (χ1n) is 9.29. The van der Waals surface area contributed by atoms with Crippen molar-refractivity contribution in [3.8, 4) is 0 Å². The van der Waals surface area contributed by atoms with E-state index in [0.717, 1.165) is 6.07 Å². The van der Waals surface area contributed by atoms with Crippen molar-refractivity contribution in [2.45, 2.75) is 37.6 Å². The van der Waals surface area contributed by atoms with Crippen LogP contribution >= 0.6 is 11.6 Å². The molecule has 0 unspecified atom stereocenters. The molecule has 4 rings (SSSR count). The number of hydrogen-bond donors (Lipinski definition) is 2. The van der Waals surface area contributed by atoms with E-state index in [1.165, 1.54) is 17.2 Å². The van der Waals surface area contributed by atoms with Gasteiger partial charge in [-0.25, -0.2) is 9.78 Å². The Morgan fingerprint density at radius 2 is 1.94 bits per heavy atom. The average molecular weight is 456 g/mol. The molecule has 12 heteroatoms. The first-order chi connectivity index (χ1) is 14.5. The molecule has 1 aromatic carbocycles. The summed E-state index contributed by atoms with van der Waals surface area (Å²) in [5, 5.41) is 4.31. The summed E-state index contributed by atoms with van der Waals surface area (Å²) in [6, 6.07) is 1.50. The lowest BCUT2D eigenvalue weighted by atomic mass is 9.92. The van der Waals surface area contributed by atoms with Gasteiger partial charge in [-0.3, -0.25) is 14.9 Å². The van der Waals surface area contributed by atoms with E-state index in [-0.39, 0.29) is 37.7 Å². The van der Waals surface area contributed by atoms with Crippen LogP contribution in [0.3, 0.4) is 0 Å². The number of urea groups is 1. The first-order valence-corrected chi connectivity index (χ1v) is 9.67. The van der Waals surface area contributed by atoms with E-state index in [2.05, 4.69) is 15.6 Å². The third-order valence-corrected chi connectivity index (χ3v) is 5.84. The smallest absolute Gasteiger partial charge is 0.336 e. The van der Waals surface area contributed by atoms with E-state index in [0.29, 0.717) is 11.1 Å². The highest BCUT2D eigenvalue weighted by Gasteiger charge is 2.50. The van der Waals surface area contributed by atoms with Crippen LogP contribution in [-0.4, -0.2) is 32.3 Å². The van der Waals surface area contributed by atoms with Gasteiger partial charge in [0.2, 0.25) is 5.91 Å². The molecule has 2 aliphatic heterocycles. The number of halogens is 4. The molecule has 164 valence electrons. The lowest BCUT2D eigenvalue weighted by Crippen LogP contribution is -2.46. The van der Waals surface area contributed by atoms with E-state index < -0.39 is 34.2 Å². The molecule has 3 heterocycles. The molecule has 8 nitrogen and oxygen atoms in total. The number of fused-ring (bicyclic) bond motifs is 1. The Morgan fingerprint density at radius 3 is 2.48 bits per heavy atom. The summed E-state index contributed by atoms with van der Waals surface area (Å²) in [5.74, 6) is -0.718. The van der Waals surface area contributed by atoms with E-state index in [1.807, 2.05) is 0 Å². The Labute approximate surface area is 179 Å². The Balaban J connectivity index is 1.51. The molecule has 0 radical (unpaired) electrons. The molecule has 2 aliphatic rings. The number of carbonyl (C=O) groups excluding carboxylic acids is 3. The van der Waals surface area contributed by atoms with Crippen molar-refractivity contribution in [1.29, 1.82) is 0 Å². The number of rotatable bonds is 4. The fourth-order valence-corrected chi connectivity index (χ4v) is 4.27. The summed E-state index contributed by atoms with van der Waals surface area (Å²) in [6.45, 7) is 0.113. The Bertz CT molecular complexity index is 1100. The highest BCUT2D eigenvalue weighted by molar-refractivity contribution is 6.31. The van der Waals surface area contributed by atoms with Crippen LogP contribution in [-0.2, 0) is 41.4 Å². The van der Waals surface area contributed by atoms with Gasteiger partial charge in [0.1, 0.15) is 5.82 Å². The summed E-state index contributed by atoms with van der Waals surface area (Å²) in [5.41, 5.74) is -1.54. The fourth-order valence-electron chi connectivity index (χ4n) is 3.98. The minimum absolute atomic E-state index is 0.00236. The topological polar surface area (TPSA) is 96.3 Å². The molecular weight excluding hydrogens is 439 g/mol. The van der Waals surface area contributed by atoms with Crippen LogP contribution in [0, 0.1) is 0 Å². The fraction of sp³-hybridized carbons (Fsp3) is 0.368. The van der Waals surface area contributed by atoms with E-state index >= 15 is 0 Å². The summed E-state index contributed by atoms with van der Waals surface area (Å²) < 4.78 is 40.9. The Morgan fingerprint density at radius 1 is 1.26 bits per heavy atom. The predicted octanol–water partition coefficient (Wildman–Crippen LogP) is 2.45. The molecule has 31 heavy (non-hydrogen) atoms. The standard InChI is InChI=1S/C19H17ClF3N5O3/c1-27-5-4-24-15(27)18(16(30)25-17(31)26-18)3-2-14(29)28-8-10-6-12(19(21,22)23)13(20)7-11(10)9-28/h4-7H,2-3,8-9H2,1H3,(H2,25,26,30,31)/t18-/m0/s1. The number of imidazole rings is 1. The van der Waals surface area contributed by atoms with Crippen molar-refractivity contribution in [3.63, 3.8) is 0 Å². The number of alkyl halides is 3. The summed E-state index contributed by atoms with van der Waals surface area (Å²) in [7, 11) is 1.66. The van der Waals surface area contributed by atoms with Crippen LogP contribution < -0.4 is 10.6 Å². The van der Waals surface area contributed by atoms with Crippen molar-refractivity contribution >= 4 is 29.4 Å². The van der Waals surface area contributed by atoms with E-state index in [9.17, 15) is 27.6 Å². The van der Waals surface area contributed by atoms with Crippen molar-refractivity contribution in [1.82, 2.24) is 25.1 Å². The predicted molar refractivity (Wildman–Crippen MR) is 102 cm³/mol. The van der Waals surface area contributed by atoms with Gasteiger partial charge >= 0.3 is 12.2 Å². The van der Waals surface area contributed by atoms with Gasteiger partial charge in [-0.05, 0) is 29.7 Å². The second kappa shape index (κ2) is 7.26. The minimum atomic E-state index is -4.59. The monoisotopic (exact) mass is 455 g/mol. The molecule has 0 spiro atoms. The number of nitrogens with one attached hydrogen (secondary N) is 2. The highest BCUT2D eigenvalue weighted by Crippen LogP contribution is 2.39. The Hall–Kier alpha value is -3.08. The van der Waals surface area contributed by atoms with Crippen molar-refractivity contribution in [2.75, 3.05) is 0 Å². The van der Waals surface area contributed by atoms with Gasteiger partial charge in [-0.1, -0.05) is 11.6 Å². The van der Waals surface area contributed by atoms with Gasteiger partial charge in [0, 0.05) is 39.0 Å². The number of aryl methyl sites for hydroxylation is 1. The summed E-state index contributed by atoms with van der Waals surface area (Å²) in [4.78, 5) is 42.7. The van der Waals surface area contributed by atoms with Crippen molar-refractivity contribution < 1.29 is 27.6 Å². The van der Waals surface area contributed by atoms with Gasteiger partial charge in [0.25, 0.3) is 5.91 Å². The lowest BCUT2D eigenvalue weighted by Gasteiger charge is -2.26. The number of nitrogens with zero attached hydrogens (tertiary/aromatic N) is 3. The molecule has 0 saturated carbocycles. The first kappa shape index (κ1) is 21.2. The van der Waals surface area contributed by atoms with Crippen LogP contribution in [0.4, 0.5) is 18.0 Å². The van der Waals surface area contributed by atoms with Crippen LogP contribution in [0.25, 0.3) is 0 Å². The van der Waals surface area contributed by atoms with Gasteiger partial charge in [-0.15, -0.1) is 0 Å². The molecule has 0 aliphatic carbocycles. The highest BCUT2D eigenvalue weighted by atomic mass is 35.5. The van der Waals surface area contributed by atoms with Crippen molar-refractivity contribution in [3.05, 3.63) is 52.1 Å². The second-order valence-electron chi connectivity index (χ2n) is 7.52. The molecule has 2 N–H and O–H groups in total. The molecule has 0 bridgehead atoms. The van der Waals surface area contributed by atoms with Gasteiger partial charge in [0.05, 0.1) is 10.6 Å². The molecule has 1 fully saturated rings. The number of benzene rings is 1. The SMILES string of the molecule is Cn1ccnc1[C@]1(CCC(=O)N2Cc3cc(Cl)c(C(F)(F)F)cc3C2)NC(=O)NC1=O. The van der Waals surface area contributed by atoms with E-state index in [1.54, 1.807) is 17.8 Å². The second-order valence-corrected chi connectivity index (χ2v) is 7.93. The normalized spacial score (nSPS) is 20.6. The maximum atomic E-state index is 13.1. The maximum absolute atomic E-state index is 13.1. The number of hydrogen-bond acceptors (Lipinski definition) is 4. The summed E-state index contributed by atoms with van der Waals surface area (Å²) >= 11 is 5.77. The van der Waals surface area contributed by atoms with Crippen LogP contribution in [0.5, 0.6) is 0 Å². The summed E-state index contributed by atoms with van der Waals surface area (Å²) in [6.07, 6.45) is -1.71. The van der Waals surface area contributed by atoms with Crippen molar-refractivity contribution in [2.24, 2.45) is 7.05 Å². The zero-order chi connectivity index (χ0) is 22.6. The number of amides is 4. The zero-order valence-corrected chi connectivity index (χ0v) is 17.0. The van der Waals surface area contributed by atoms with Crippen LogP contribution in [0.2, 0.25) is 5.02 Å². The van der Waals surface area contributed by atoms with Crippen LogP contribution in [0.15, 0.2) is 24.5 Å². The number of carbonyl (C=O) groups is 3. The average Bonchev–Trinajstić information content (AvgIpc) is 3.35. The third-order valence-electron chi connectivity index (χ3n) is 5.53. The van der Waals surface area contributed by atoms with Gasteiger partial charge in [-0.2, -0.15) is 13.2 Å². The van der Waals surface area contributed by atoms with Crippen LogP contribution in [0.1, 0.15) is 35.4 Å². The third kappa shape index (κ3) is 3.62. The minimum Gasteiger partial charge on any atom is -0.336 e. The molecule has 1 atom stereocenters. The van der Waals surface area contributed by atoms with E-state index in [4.69, 9.17) is 11.6 Å². The quantitative estimate of drug-likeness (QED) is 0.692. The molecule has 1 saturated heterocycles. The molecular formula is C19H17ClF3N5O3. The number of aromatic nitrogens is 2. The Kier molecular flexibility index (Phi) is 4.95. The maximum Gasteiger partial charge on any atom is 0.417 e. The number of imide groups is 1. The largest absolute Gasteiger partial charge is 0.417 e. The van der Waals surface area contributed by atoms with Gasteiger partial charge < -0.3 is 14.8 Å². The zero-order valence-electron chi connectivity index (χ0n) is 16.2. The molecule has 1 aromatic heterocycles. The molecule has 2 aromatic rings.